The predicted molar refractivity (Wildman–Crippen MR) is 83.8 cm³/mol. The first-order valence-corrected chi connectivity index (χ1v) is 8.01. The Morgan fingerprint density at radius 3 is 2.29 bits per heavy atom. The zero-order valence-corrected chi connectivity index (χ0v) is 13.0. The number of amides is 2. The summed E-state index contributed by atoms with van der Waals surface area (Å²) in [6.07, 6.45) is 3.37. The lowest BCUT2D eigenvalue weighted by molar-refractivity contribution is -0.385. The Bertz CT molecular complexity index is 670. The molecular weight excluding hydrogens is 317 g/mol. The van der Waals surface area contributed by atoms with Gasteiger partial charge in [-0.2, -0.15) is 0 Å². The number of benzene rings is 1. The predicted octanol–water partition coefficient (Wildman–Crippen LogP) is 2.61. The van der Waals surface area contributed by atoms with Crippen molar-refractivity contribution in [1.29, 1.82) is 0 Å². The molecule has 0 atom stereocenters. The maximum absolute atomic E-state index is 13.9. The lowest BCUT2D eigenvalue weighted by Gasteiger charge is -2.34. The van der Waals surface area contributed by atoms with Crippen LogP contribution in [0, 0.1) is 15.9 Å². The van der Waals surface area contributed by atoms with E-state index in [0.29, 0.717) is 38.5 Å². The first kappa shape index (κ1) is 16.4. The average Bonchev–Trinajstić information content (AvgIpc) is 2.89. The number of rotatable bonds is 4. The third-order valence-corrected chi connectivity index (χ3v) is 4.68. The van der Waals surface area contributed by atoms with Crippen molar-refractivity contribution in [3.63, 3.8) is 0 Å². The number of nitrogens with one attached hydrogen (secondary N) is 1. The molecule has 128 valence electrons. The molecule has 8 heteroatoms. The number of nitro groups is 1. The third kappa shape index (κ3) is 3.22. The van der Waals surface area contributed by atoms with Crippen LogP contribution in [0.1, 0.15) is 38.5 Å². The first-order valence-electron chi connectivity index (χ1n) is 8.01. The molecule has 1 saturated carbocycles. The van der Waals surface area contributed by atoms with Crippen LogP contribution in [0.3, 0.4) is 0 Å². The second kappa shape index (κ2) is 6.54. The van der Waals surface area contributed by atoms with Crippen molar-refractivity contribution in [2.24, 2.45) is 0 Å². The Morgan fingerprint density at radius 1 is 1.12 bits per heavy atom. The van der Waals surface area contributed by atoms with E-state index >= 15 is 0 Å². The smallest absolute Gasteiger partial charge is 0.272 e. The SMILES string of the molecule is O=C1CCC(=O)N1C1CCC(Nc2ccc([N+](=O)[O-])cc2F)CC1. The van der Waals surface area contributed by atoms with Crippen LogP contribution in [0.15, 0.2) is 18.2 Å². The minimum atomic E-state index is -0.656. The van der Waals surface area contributed by atoms with Gasteiger partial charge < -0.3 is 5.32 Å². The normalized spacial score (nSPS) is 24.3. The second-order valence-corrected chi connectivity index (χ2v) is 6.23. The molecule has 1 aliphatic carbocycles. The number of carbonyl (C=O) groups is 2. The summed E-state index contributed by atoms with van der Waals surface area (Å²) in [5, 5.41) is 13.7. The highest BCUT2D eigenvalue weighted by atomic mass is 19.1. The number of carbonyl (C=O) groups excluding carboxylic acids is 2. The van der Waals surface area contributed by atoms with Gasteiger partial charge >= 0.3 is 0 Å². The molecule has 0 spiro atoms. The molecule has 3 rings (SSSR count). The number of nitro benzene ring substituents is 1. The summed E-state index contributed by atoms with van der Waals surface area (Å²) >= 11 is 0. The molecule has 2 aliphatic rings. The fourth-order valence-corrected chi connectivity index (χ4v) is 3.43. The summed E-state index contributed by atoms with van der Waals surface area (Å²) in [4.78, 5) is 34.9. The lowest BCUT2D eigenvalue weighted by atomic mass is 9.90. The minimum absolute atomic E-state index is 0.0185. The van der Waals surface area contributed by atoms with Crippen LogP contribution in [0.4, 0.5) is 15.8 Å². The quantitative estimate of drug-likeness (QED) is 0.519. The number of imide groups is 1. The van der Waals surface area contributed by atoms with E-state index in [2.05, 4.69) is 5.32 Å². The van der Waals surface area contributed by atoms with Crippen LogP contribution in [0.2, 0.25) is 0 Å². The van der Waals surface area contributed by atoms with E-state index in [1.165, 1.54) is 17.0 Å². The van der Waals surface area contributed by atoms with Crippen molar-refractivity contribution < 1.29 is 18.9 Å². The van der Waals surface area contributed by atoms with Gasteiger partial charge in [-0.15, -0.1) is 0 Å². The van der Waals surface area contributed by atoms with Crippen LogP contribution in [0.25, 0.3) is 0 Å². The van der Waals surface area contributed by atoms with Gasteiger partial charge in [0.2, 0.25) is 11.8 Å². The van der Waals surface area contributed by atoms with Gasteiger partial charge in [0, 0.05) is 31.0 Å². The van der Waals surface area contributed by atoms with E-state index in [4.69, 9.17) is 0 Å². The molecule has 0 bridgehead atoms. The van der Waals surface area contributed by atoms with Gasteiger partial charge in [-0.3, -0.25) is 24.6 Å². The van der Waals surface area contributed by atoms with E-state index in [0.717, 1.165) is 6.07 Å². The zero-order chi connectivity index (χ0) is 17.3. The first-order chi connectivity index (χ1) is 11.5. The zero-order valence-electron chi connectivity index (χ0n) is 13.0. The maximum Gasteiger partial charge on any atom is 0.272 e. The van der Waals surface area contributed by atoms with Gasteiger partial charge in [0.15, 0.2) is 5.82 Å². The molecule has 1 heterocycles. The van der Waals surface area contributed by atoms with Crippen molar-refractivity contribution in [2.45, 2.75) is 50.6 Å². The fourth-order valence-electron chi connectivity index (χ4n) is 3.43. The summed E-state index contributed by atoms with van der Waals surface area (Å²) in [6.45, 7) is 0. The van der Waals surface area contributed by atoms with Gasteiger partial charge in [0.1, 0.15) is 0 Å². The van der Waals surface area contributed by atoms with Gasteiger partial charge in [-0.25, -0.2) is 4.39 Å². The summed E-state index contributed by atoms with van der Waals surface area (Å²) in [5.74, 6) is -0.855. The van der Waals surface area contributed by atoms with Crippen LogP contribution in [0.5, 0.6) is 0 Å². The Labute approximate surface area is 138 Å². The monoisotopic (exact) mass is 335 g/mol. The largest absolute Gasteiger partial charge is 0.380 e. The van der Waals surface area contributed by atoms with Gasteiger partial charge in [-0.05, 0) is 31.7 Å². The van der Waals surface area contributed by atoms with Crippen molar-refractivity contribution in [3.05, 3.63) is 34.1 Å². The Hall–Kier alpha value is -2.51. The number of halogens is 1. The molecule has 1 N–H and O–H groups in total. The molecule has 7 nitrogen and oxygen atoms in total. The highest BCUT2D eigenvalue weighted by Crippen LogP contribution is 2.30. The summed E-state index contributed by atoms with van der Waals surface area (Å²) in [7, 11) is 0. The summed E-state index contributed by atoms with van der Waals surface area (Å²) in [6, 6.07) is 3.48. The van der Waals surface area contributed by atoms with Gasteiger partial charge in [-0.1, -0.05) is 0 Å². The Balaban J connectivity index is 1.59. The molecule has 0 aromatic heterocycles. The highest BCUT2D eigenvalue weighted by molar-refractivity contribution is 6.02. The van der Waals surface area contributed by atoms with Crippen molar-refractivity contribution in [2.75, 3.05) is 5.32 Å². The molecule has 1 aliphatic heterocycles. The van der Waals surface area contributed by atoms with Crippen LogP contribution in [-0.4, -0.2) is 33.7 Å². The molecule has 0 unspecified atom stereocenters. The van der Waals surface area contributed by atoms with E-state index in [1.807, 2.05) is 0 Å². The highest BCUT2D eigenvalue weighted by Gasteiger charge is 2.36. The molecular formula is C16H18FN3O4. The maximum atomic E-state index is 13.9. The van der Waals surface area contributed by atoms with Gasteiger partial charge in [0.25, 0.3) is 5.69 Å². The van der Waals surface area contributed by atoms with E-state index in [9.17, 15) is 24.1 Å². The van der Waals surface area contributed by atoms with Crippen LogP contribution in [-0.2, 0) is 9.59 Å². The number of hydrogen-bond donors (Lipinski definition) is 1. The topological polar surface area (TPSA) is 92.6 Å². The molecule has 1 saturated heterocycles. The van der Waals surface area contributed by atoms with Crippen molar-refractivity contribution >= 4 is 23.2 Å². The summed E-state index contributed by atoms with van der Waals surface area (Å²) < 4.78 is 13.9. The lowest BCUT2D eigenvalue weighted by Crippen LogP contribution is -2.43. The van der Waals surface area contributed by atoms with E-state index in [1.54, 1.807) is 0 Å². The molecule has 0 radical (unpaired) electrons. The van der Waals surface area contributed by atoms with E-state index in [-0.39, 0.29) is 35.3 Å². The van der Waals surface area contributed by atoms with E-state index < -0.39 is 10.7 Å². The molecule has 2 fully saturated rings. The average molecular weight is 335 g/mol. The number of anilines is 1. The van der Waals surface area contributed by atoms with Crippen molar-refractivity contribution in [1.82, 2.24) is 4.90 Å². The third-order valence-electron chi connectivity index (χ3n) is 4.68. The van der Waals surface area contributed by atoms with Crippen LogP contribution >= 0.6 is 0 Å². The number of likely N-dealkylation sites (tertiary alicyclic amines) is 1. The molecule has 2 amide bonds. The Morgan fingerprint density at radius 2 is 1.75 bits per heavy atom. The number of non-ortho nitro benzene ring substituents is 1. The number of nitrogens with zero attached hydrogens (tertiary/aromatic N) is 2. The molecule has 1 aromatic rings. The second-order valence-electron chi connectivity index (χ2n) is 6.23. The van der Waals surface area contributed by atoms with Crippen molar-refractivity contribution in [3.8, 4) is 0 Å². The fraction of sp³-hybridized carbons (Fsp3) is 0.500. The minimum Gasteiger partial charge on any atom is -0.380 e. The molecule has 24 heavy (non-hydrogen) atoms. The van der Waals surface area contributed by atoms with Crippen LogP contribution < -0.4 is 5.32 Å². The Kier molecular flexibility index (Phi) is 4.46. The molecule has 1 aromatic carbocycles. The standard InChI is InChI=1S/C16H18FN3O4/c17-13-9-12(20(23)24)5-6-14(13)18-10-1-3-11(4-2-10)19-15(21)7-8-16(19)22/h5-6,9-11,18H,1-4,7-8H2. The summed E-state index contributed by atoms with van der Waals surface area (Å²) in [5.41, 5.74) is -0.0507. The van der Waals surface area contributed by atoms with Gasteiger partial charge in [0.05, 0.1) is 16.7 Å². The number of hydrogen-bond acceptors (Lipinski definition) is 5.